The fraction of sp³-hybridized carbons (Fsp3) is 0.278. The molecule has 0 saturated heterocycles. The van der Waals surface area contributed by atoms with Crippen molar-refractivity contribution in [1.82, 2.24) is 0 Å². The molecule has 1 atom stereocenters. The molecule has 0 radical (unpaired) electrons. The van der Waals surface area contributed by atoms with E-state index in [2.05, 4.69) is 50.7 Å². The van der Waals surface area contributed by atoms with Gasteiger partial charge in [0.25, 0.3) is 0 Å². The van der Waals surface area contributed by atoms with E-state index in [-0.39, 0.29) is 0 Å². The van der Waals surface area contributed by atoms with Crippen LogP contribution in [0.3, 0.4) is 0 Å². The van der Waals surface area contributed by atoms with Crippen molar-refractivity contribution < 1.29 is 4.74 Å². The van der Waals surface area contributed by atoms with Gasteiger partial charge >= 0.3 is 0 Å². The van der Waals surface area contributed by atoms with Gasteiger partial charge in [-0.3, -0.25) is 4.99 Å². The number of hydrogen-bond donors (Lipinski definition) is 0. The Hall–Kier alpha value is -0.550. The largest absolute Gasteiger partial charge is 0.487 e. The van der Waals surface area contributed by atoms with Crippen molar-refractivity contribution >= 4 is 61.3 Å². The lowest BCUT2D eigenvalue weighted by atomic mass is 10.2. The van der Waals surface area contributed by atoms with Crippen LogP contribution in [0.1, 0.15) is 31.4 Å². The number of hydrogen-bond acceptors (Lipinski definition) is 2. The number of ether oxygens (including phenoxy) is 1. The van der Waals surface area contributed by atoms with Crippen LogP contribution in [0.25, 0.3) is 0 Å². The second-order valence-electron chi connectivity index (χ2n) is 5.39. The van der Waals surface area contributed by atoms with Gasteiger partial charge < -0.3 is 4.74 Å². The van der Waals surface area contributed by atoms with Gasteiger partial charge in [0.2, 0.25) is 0 Å². The van der Waals surface area contributed by atoms with E-state index in [0.717, 1.165) is 32.2 Å². The van der Waals surface area contributed by atoms with E-state index in [9.17, 15) is 0 Å². The van der Waals surface area contributed by atoms with Gasteiger partial charge in [0, 0.05) is 12.3 Å². The van der Waals surface area contributed by atoms with Gasteiger partial charge in [-0.2, -0.15) is 0 Å². The van der Waals surface area contributed by atoms with Crippen LogP contribution >= 0.6 is 55.1 Å². The number of nitrogens with zero attached hydrogens (tertiary/aromatic N) is 1. The summed E-state index contributed by atoms with van der Waals surface area (Å²) in [6.45, 7) is 4.61. The second kappa shape index (κ2) is 9.23. The Balaban J connectivity index is 2.13. The van der Waals surface area contributed by atoms with Crippen molar-refractivity contribution in [2.75, 3.05) is 0 Å². The summed E-state index contributed by atoms with van der Waals surface area (Å²) in [5.41, 5.74) is 1.96. The quantitative estimate of drug-likeness (QED) is 0.386. The summed E-state index contributed by atoms with van der Waals surface area (Å²) in [6, 6.07) is 9.75. The highest BCUT2D eigenvalue weighted by atomic mass is 79.9. The van der Waals surface area contributed by atoms with Gasteiger partial charge in [-0.05, 0) is 80.6 Å². The van der Waals surface area contributed by atoms with Crippen molar-refractivity contribution in [3.63, 3.8) is 0 Å². The zero-order chi connectivity index (χ0) is 17.7. The number of rotatable bonds is 6. The summed E-state index contributed by atoms with van der Waals surface area (Å²) >= 11 is 19.1. The summed E-state index contributed by atoms with van der Waals surface area (Å²) in [4.78, 5) is 4.50. The lowest BCUT2D eigenvalue weighted by Crippen LogP contribution is -1.99. The minimum absolute atomic E-state index is 0.313. The molecule has 1 unspecified atom stereocenters. The monoisotopic (exact) mass is 491 g/mol. The summed E-state index contributed by atoms with van der Waals surface area (Å²) in [5, 5.41) is 1.06. The first kappa shape index (κ1) is 19.8. The fourth-order valence-electron chi connectivity index (χ4n) is 1.90. The predicted molar refractivity (Wildman–Crippen MR) is 110 cm³/mol. The number of halogens is 4. The SMILES string of the molecule is CCC(C)N=Cc1cc(Br)c(OCc2ccc(Cl)c(Cl)c2)c(Br)c1. The second-order valence-corrected chi connectivity index (χ2v) is 7.91. The van der Waals surface area contributed by atoms with Crippen LogP contribution in [-0.4, -0.2) is 12.3 Å². The molecule has 0 aliphatic rings. The average Bonchev–Trinajstić information content (AvgIpc) is 2.55. The molecule has 0 heterocycles. The normalized spacial score (nSPS) is 12.6. The summed E-state index contributed by atoms with van der Waals surface area (Å²) in [5.74, 6) is 0.738. The van der Waals surface area contributed by atoms with Gasteiger partial charge in [-0.15, -0.1) is 0 Å². The maximum absolute atomic E-state index is 6.03. The average molecular weight is 494 g/mol. The van der Waals surface area contributed by atoms with Crippen LogP contribution in [0.4, 0.5) is 0 Å². The molecule has 24 heavy (non-hydrogen) atoms. The van der Waals surface area contributed by atoms with Crippen molar-refractivity contribution in [3.05, 3.63) is 60.4 Å². The molecule has 6 heteroatoms. The van der Waals surface area contributed by atoms with Gasteiger partial charge in [-0.1, -0.05) is 36.2 Å². The maximum Gasteiger partial charge on any atom is 0.148 e. The Kier molecular flexibility index (Phi) is 7.60. The molecule has 0 bridgehead atoms. The fourth-order valence-corrected chi connectivity index (χ4v) is 3.67. The Morgan fingerprint density at radius 2 is 1.79 bits per heavy atom. The summed E-state index contributed by atoms with van der Waals surface area (Å²) in [7, 11) is 0. The molecule has 0 amide bonds. The van der Waals surface area contributed by atoms with Crippen molar-refractivity contribution in [1.29, 1.82) is 0 Å². The highest BCUT2D eigenvalue weighted by molar-refractivity contribution is 9.11. The third-order valence-electron chi connectivity index (χ3n) is 3.46. The number of benzene rings is 2. The minimum atomic E-state index is 0.313. The molecule has 2 aromatic rings. The Bertz CT molecular complexity index is 727. The molecule has 2 rings (SSSR count). The summed E-state index contributed by atoms with van der Waals surface area (Å²) in [6.07, 6.45) is 2.90. The molecule has 2 aromatic carbocycles. The standard InChI is InChI=1S/C18H17Br2Cl2NO/c1-3-11(2)23-9-13-6-14(19)18(15(20)7-13)24-10-12-4-5-16(21)17(22)8-12/h4-9,11H,3,10H2,1-2H3. The maximum atomic E-state index is 6.03. The van der Waals surface area contributed by atoms with E-state index in [0.29, 0.717) is 22.7 Å². The van der Waals surface area contributed by atoms with Crippen LogP contribution in [0.5, 0.6) is 5.75 Å². The molecule has 0 saturated carbocycles. The van der Waals surface area contributed by atoms with Crippen LogP contribution in [-0.2, 0) is 6.61 Å². The Labute approximate surface area is 169 Å². The van der Waals surface area contributed by atoms with Gasteiger partial charge in [-0.25, -0.2) is 0 Å². The van der Waals surface area contributed by atoms with Crippen LogP contribution < -0.4 is 4.74 Å². The van der Waals surface area contributed by atoms with E-state index >= 15 is 0 Å². The third-order valence-corrected chi connectivity index (χ3v) is 5.37. The van der Waals surface area contributed by atoms with Crippen molar-refractivity contribution in [2.24, 2.45) is 4.99 Å². The minimum Gasteiger partial charge on any atom is -0.487 e. The van der Waals surface area contributed by atoms with E-state index < -0.39 is 0 Å². The molecule has 0 N–H and O–H groups in total. The molecule has 0 fully saturated rings. The van der Waals surface area contributed by atoms with Crippen molar-refractivity contribution in [3.8, 4) is 5.75 Å². The van der Waals surface area contributed by atoms with Gasteiger partial charge in [0.1, 0.15) is 12.4 Å². The molecule has 2 nitrogen and oxygen atoms in total. The zero-order valence-corrected chi connectivity index (χ0v) is 18.0. The molecular weight excluding hydrogens is 477 g/mol. The lowest BCUT2D eigenvalue weighted by molar-refractivity contribution is 0.302. The highest BCUT2D eigenvalue weighted by Crippen LogP contribution is 2.35. The first-order chi connectivity index (χ1) is 11.4. The molecule has 0 aromatic heterocycles. The van der Waals surface area contributed by atoms with E-state index in [1.165, 1.54) is 0 Å². The smallest absolute Gasteiger partial charge is 0.148 e. The molecule has 0 aliphatic carbocycles. The molecule has 128 valence electrons. The first-order valence-electron chi connectivity index (χ1n) is 7.49. The van der Waals surface area contributed by atoms with Crippen LogP contribution in [0, 0.1) is 0 Å². The van der Waals surface area contributed by atoms with E-state index in [4.69, 9.17) is 27.9 Å². The van der Waals surface area contributed by atoms with E-state index in [1.807, 2.05) is 24.4 Å². The molecular formula is C18H17Br2Cl2NO. The van der Waals surface area contributed by atoms with E-state index in [1.54, 1.807) is 12.1 Å². The topological polar surface area (TPSA) is 21.6 Å². The first-order valence-corrected chi connectivity index (χ1v) is 9.83. The molecule has 0 aliphatic heterocycles. The number of aliphatic imine (C=N–C) groups is 1. The highest BCUT2D eigenvalue weighted by Gasteiger charge is 2.10. The summed E-state index contributed by atoms with van der Waals surface area (Å²) < 4.78 is 7.64. The third kappa shape index (κ3) is 5.48. The lowest BCUT2D eigenvalue weighted by Gasteiger charge is -2.12. The molecule has 0 spiro atoms. The van der Waals surface area contributed by atoms with Crippen LogP contribution in [0.2, 0.25) is 10.0 Å². The van der Waals surface area contributed by atoms with Gasteiger partial charge in [0.05, 0.1) is 19.0 Å². The van der Waals surface area contributed by atoms with Crippen molar-refractivity contribution in [2.45, 2.75) is 32.9 Å². The Morgan fingerprint density at radius 3 is 2.38 bits per heavy atom. The van der Waals surface area contributed by atoms with Crippen LogP contribution in [0.15, 0.2) is 44.3 Å². The zero-order valence-electron chi connectivity index (χ0n) is 13.3. The predicted octanol–water partition coefficient (Wildman–Crippen LogP) is 7.31. The Morgan fingerprint density at radius 1 is 1.12 bits per heavy atom. The van der Waals surface area contributed by atoms with Gasteiger partial charge in [0.15, 0.2) is 0 Å².